The molecule has 4 fully saturated rings. The average Bonchev–Trinajstić information content (AvgIpc) is 2.40. The van der Waals surface area contributed by atoms with Gasteiger partial charge in [0.25, 0.3) is 15.7 Å². The van der Waals surface area contributed by atoms with Crippen LogP contribution in [0.4, 0.5) is 26.3 Å². The average molecular weight is 426 g/mol. The Kier molecular flexibility index (Phi) is 4.85. The smallest absolute Gasteiger partial charge is 0.367 e. The van der Waals surface area contributed by atoms with Crippen LogP contribution < -0.4 is 0 Å². The lowest BCUT2D eigenvalue weighted by molar-refractivity contribution is -0.413. The molecule has 0 aliphatic heterocycles. The SMILES string of the molecule is O=S(=O)(O)CC(OC(O)C12CC3CC(CC(C3)C1)C2)(C(F)(F)F)C(F)(F)F. The summed E-state index contributed by atoms with van der Waals surface area (Å²) in [5, 5.41) is 10.4. The van der Waals surface area contributed by atoms with Crippen LogP contribution in [0.25, 0.3) is 0 Å². The number of alkyl halides is 6. The maximum Gasteiger partial charge on any atom is 0.427 e. The van der Waals surface area contributed by atoms with E-state index in [0.29, 0.717) is 0 Å². The van der Waals surface area contributed by atoms with E-state index in [9.17, 15) is 39.9 Å². The Morgan fingerprint density at radius 1 is 0.926 bits per heavy atom. The highest BCUT2D eigenvalue weighted by Gasteiger charge is 2.75. The van der Waals surface area contributed by atoms with Gasteiger partial charge in [0.1, 0.15) is 5.75 Å². The van der Waals surface area contributed by atoms with Crippen molar-refractivity contribution in [1.82, 2.24) is 0 Å². The Labute approximate surface area is 151 Å². The van der Waals surface area contributed by atoms with Crippen molar-refractivity contribution in [1.29, 1.82) is 0 Å². The van der Waals surface area contributed by atoms with Crippen molar-refractivity contribution in [2.75, 3.05) is 5.75 Å². The van der Waals surface area contributed by atoms with Crippen LogP contribution in [0.1, 0.15) is 38.5 Å². The van der Waals surface area contributed by atoms with Crippen LogP contribution in [-0.2, 0) is 14.9 Å². The lowest BCUT2D eigenvalue weighted by Crippen LogP contribution is -2.66. The van der Waals surface area contributed by atoms with Gasteiger partial charge in [0, 0.05) is 5.41 Å². The molecule has 5 nitrogen and oxygen atoms in total. The fraction of sp³-hybridized carbons (Fsp3) is 1.00. The quantitative estimate of drug-likeness (QED) is 0.401. The number of rotatable bonds is 5. The molecule has 4 bridgehead atoms. The number of halogens is 6. The fourth-order valence-corrected chi connectivity index (χ4v) is 6.45. The molecule has 4 rings (SSSR count). The zero-order valence-electron chi connectivity index (χ0n) is 14.1. The second-order valence-corrected chi connectivity index (χ2v) is 9.75. The molecule has 0 spiro atoms. The summed E-state index contributed by atoms with van der Waals surface area (Å²) in [7, 11) is -5.73. The molecule has 0 radical (unpaired) electrons. The van der Waals surface area contributed by atoms with Gasteiger partial charge < -0.3 is 9.84 Å². The van der Waals surface area contributed by atoms with Gasteiger partial charge in [-0.3, -0.25) is 4.55 Å². The highest BCUT2D eigenvalue weighted by Crippen LogP contribution is 2.62. The molecule has 0 aromatic rings. The summed E-state index contributed by atoms with van der Waals surface area (Å²) in [5.74, 6) is -2.47. The van der Waals surface area contributed by atoms with Crippen LogP contribution in [0.15, 0.2) is 0 Å². The molecule has 2 N–H and O–H groups in total. The number of hydrogen-bond donors (Lipinski definition) is 2. The maximum atomic E-state index is 13.4. The second-order valence-electron chi connectivity index (χ2n) is 8.30. The molecule has 0 aromatic heterocycles. The van der Waals surface area contributed by atoms with E-state index in [4.69, 9.17) is 4.55 Å². The van der Waals surface area contributed by atoms with Gasteiger partial charge in [-0.2, -0.15) is 34.8 Å². The molecule has 0 saturated heterocycles. The van der Waals surface area contributed by atoms with Gasteiger partial charge in [-0.05, 0) is 56.3 Å². The van der Waals surface area contributed by atoms with Gasteiger partial charge in [-0.25, -0.2) is 0 Å². The number of ether oxygens (including phenoxy) is 1. The van der Waals surface area contributed by atoms with Crippen molar-refractivity contribution < 1.29 is 49.2 Å². The zero-order valence-corrected chi connectivity index (χ0v) is 14.9. The molecule has 1 atom stereocenters. The van der Waals surface area contributed by atoms with Gasteiger partial charge >= 0.3 is 12.4 Å². The summed E-state index contributed by atoms with van der Waals surface area (Å²) in [4.78, 5) is 0. The zero-order chi connectivity index (χ0) is 20.5. The lowest BCUT2D eigenvalue weighted by atomic mass is 9.49. The number of aliphatic hydroxyl groups is 1. The normalized spacial score (nSPS) is 35.5. The second kappa shape index (κ2) is 6.20. The summed E-state index contributed by atoms with van der Waals surface area (Å²) >= 11 is 0. The van der Waals surface area contributed by atoms with E-state index >= 15 is 0 Å². The van der Waals surface area contributed by atoms with Crippen molar-refractivity contribution in [2.45, 2.75) is 62.8 Å². The van der Waals surface area contributed by atoms with E-state index in [1.807, 2.05) is 0 Å². The van der Waals surface area contributed by atoms with Crippen LogP contribution >= 0.6 is 0 Å². The third kappa shape index (κ3) is 3.69. The lowest BCUT2D eigenvalue weighted by Gasteiger charge is -2.58. The van der Waals surface area contributed by atoms with E-state index in [-0.39, 0.29) is 37.0 Å². The van der Waals surface area contributed by atoms with Crippen molar-refractivity contribution in [3.05, 3.63) is 0 Å². The van der Waals surface area contributed by atoms with E-state index in [0.717, 1.165) is 19.3 Å². The van der Waals surface area contributed by atoms with Crippen LogP contribution in [-0.4, -0.2) is 48.1 Å². The predicted octanol–water partition coefficient (Wildman–Crippen LogP) is 3.29. The van der Waals surface area contributed by atoms with Crippen LogP contribution in [0.5, 0.6) is 0 Å². The van der Waals surface area contributed by atoms with E-state index in [1.54, 1.807) is 0 Å². The molecular weight excluding hydrogens is 406 g/mol. The Bertz CT molecular complexity index is 637. The molecule has 1 unspecified atom stereocenters. The minimum atomic E-state index is -6.22. The summed E-state index contributed by atoms with van der Waals surface area (Å²) in [6.45, 7) is 0. The number of hydrogen-bond acceptors (Lipinski definition) is 4. The van der Waals surface area contributed by atoms with Gasteiger partial charge in [0.2, 0.25) is 0 Å². The fourth-order valence-electron chi connectivity index (χ4n) is 5.54. The molecule has 12 heteroatoms. The van der Waals surface area contributed by atoms with Crippen LogP contribution in [0.2, 0.25) is 0 Å². The summed E-state index contributed by atoms with van der Waals surface area (Å²) in [6, 6.07) is 0. The Morgan fingerprint density at radius 2 is 1.30 bits per heavy atom. The van der Waals surface area contributed by atoms with Crippen molar-refractivity contribution in [2.24, 2.45) is 23.2 Å². The predicted molar refractivity (Wildman–Crippen MR) is 79.0 cm³/mol. The van der Waals surface area contributed by atoms with Gasteiger partial charge in [0.15, 0.2) is 6.29 Å². The molecule has 4 aliphatic carbocycles. The molecule has 0 amide bonds. The third-order valence-electron chi connectivity index (χ3n) is 6.22. The molecule has 0 aromatic carbocycles. The largest absolute Gasteiger partial charge is 0.427 e. The molecule has 4 saturated carbocycles. The monoisotopic (exact) mass is 426 g/mol. The first-order valence-electron chi connectivity index (χ1n) is 8.51. The summed E-state index contributed by atoms with van der Waals surface area (Å²) in [6.07, 6.45) is -11.7. The Balaban J connectivity index is 1.96. The molecule has 27 heavy (non-hydrogen) atoms. The van der Waals surface area contributed by atoms with Gasteiger partial charge in [-0.1, -0.05) is 0 Å². The van der Waals surface area contributed by atoms with Crippen molar-refractivity contribution in [3.63, 3.8) is 0 Å². The minimum Gasteiger partial charge on any atom is -0.367 e. The third-order valence-corrected chi connectivity index (χ3v) is 7.00. The van der Waals surface area contributed by atoms with E-state index < -0.39 is 45.5 Å². The first-order valence-corrected chi connectivity index (χ1v) is 10.1. The Morgan fingerprint density at radius 3 is 1.59 bits per heavy atom. The number of aliphatic hydroxyl groups excluding tert-OH is 1. The van der Waals surface area contributed by atoms with Crippen LogP contribution in [0.3, 0.4) is 0 Å². The van der Waals surface area contributed by atoms with E-state index in [1.165, 1.54) is 0 Å². The summed E-state index contributed by atoms with van der Waals surface area (Å²) in [5.41, 5.74) is -6.48. The molecule has 0 heterocycles. The molecule has 158 valence electrons. The van der Waals surface area contributed by atoms with Crippen molar-refractivity contribution >= 4 is 10.1 Å². The molecular formula is C15H20F6O5S. The highest BCUT2D eigenvalue weighted by molar-refractivity contribution is 7.85. The van der Waals surface area contributed by atoms with E-state index in [2.05, 4.69) is 4.74 Å². The first-order chi connectivity index (χ1) is 12.1. The molecule has 4 aliphatic rings. The minimum absolute atomic E-state index is 0.0993. The maximum absolute atomic E-state index is 13.4. The Hall–Kier alpha value is -0.590. The standard InChI is InChI=1S/C15H20F6O5S/c16-14(17,18)13(15(19,20)21,7-27(23,24)25)26-11(22)12-4-8-1-9(5-12)3-10(2-8)6-12/h8-11,22H,1-7H2,(H,23,24,25). The van der Waals surface area contributed by atoms with Gasteiger partial charge in [-0.15, -0.1) is 0 Å². The topological polar surface area (TPSA) is 83.8 Å². The van der Waals surface area contributed by atoms with Gasteiger partial charge in [0.05, 0.1) is 0 Å². The van der Waals surface area contributed by atoms with Crippen molar-refractivity contribution in [3.8, 4) is 0 Å². The summed E-state index contributed by atoms with van der Waals surface area (Å²) < 4.78 is 115. The van der Waals surface area contributed by atoms with Crippen LogP contribution in [0, 0.1) is 23.2 Å². The highest BCUT2D eigenvalue weighted by atomic mass is 32.2. The first kappa shape index (κ1) is 21.1.